The topological polar surface area (TPSA) is 67.9 Å². The summed E-state index contributed by atoms with van der Waals surface area (Å²) in [5.41, 5.74) is 1.82. The molecule has 2 aromatic carbocycles. The second-order valence-corrected chi connectivity index (χ2v) is 7.88. The van der Waals surface area contributed by atoms with Gasteiger partial charge in [-0.05, 0) is 50.1 Å². The third-order valence-electron chi connectivity index (χ3n) is 4.64. The van der Waals surface area contributed by atoms with E-state index in [4.69, 9.17) is 21.1 Å². The summed E-state index contributed by atoms with van der Waals surface area (Å²) in [7, 11) is 0. The van der Waals surface area contributed by atoms with E-state index in [1.807, 2.05) is 45.0 Å². The van der Waals surface area contributed by atoms with E-state index < -0.39 is 0 Å². The standard InChI is InChI=1S/C24H27ClN2O4/c1-4-13-31-20-7-5-6-19(15-20)26-22-21(17-8-10-18(25)11-9-17)23(28)27(24(22)29)12-14-30-16(2)3/h5-11,15-16,26H,4,12-14H2,1-3H3. The van der Waals surface area contributed by atoms with Crippen molar-refractivity contribution in [3.05, 3.63) is 64.8 Å². The molecule has 0 saturated heterocycles. The average molecular weight is 443 g/mol. The highest BCUT2D eigenvalue weighted by atomic mass is 35.5. The van der Waals surface area contributed by atoms with Crippen molar-refractivity contribution in [1.82, 2.24) is 4.90 Å². The van der Waals surface area contributed by atoms with Gasteiger partial charge in [-0.15, -0.1) is 0 Å². The molecule has 0 spiro atoms. The van der Waals surface area contributed by atoms with Crippen LogP contribution >= 0.6 is 11.6 Å². The normalized spacial score (nSPS) is 14.0. The Hall–Kier alpha value is -2.83. The Balaban J connectivity index is 1.92. The summed E-state index contributed by atoms with van der Waals surface area (Å²) < 4.78 is 11.2. The number of carbonyl (C=O) groups is 2. The van der Waals surface area contributed by atoms with Crippen molar-refractivity contribution >= 4 is 34.7 Å². The van der Waals surface area contributed by atoms with Crippen LogP contribution in [0.25, 0.3) is 5.57 Å². The molecule has 1 aliphatic heterocycles. The number of carbonyl (C=O) groups excluding carboxylic acids is 2. The first-order chi connectivity index (χ1) is 14.9. The number of ether oxygens (including phenoxy) is 2. The fourth-order valence-corrected chi connectivity index (χ4v) is 3.31. The minimum atomic E-state index is -0.387. The molecule has 0 atom stereocenters. The monoisotopic (exact) mass is 442 g/mol. The van der Waals surface area contributed by atoms with Crippen LogP contribution in [0, 0.1) is 0 Å². The smallest absolute Gasteiger partial charge is 0.278 e. The quantitative estimate of drug-likeness (QED) is 0.538. The molecular weight excluding hydrogens is 416 g/mol. The van der Waals surface area contributed by atoms with Gasteiger partial charge in [0.05, 0.1) is 31.4 Å². The predicted octanol–water partition coefficient (Wildman–Crippen LogP) is 4.75. The number of hydrogen-bond acceptors (Lipinski definition) is 5. The Morgan fingerprint density at radius 1 is 1.03 bits per heavy atom. The minimum Gasteiger partial charge on any atom is -0.494 e. The van der Waals surface area contributed by atoms with E-state index in [0.717, 1.165) is 6.42 Å². The number of anilines is 1. The maximum Gasteiger partial charge on any atom is 0.278 e. The van der Waals surface area contributed by atoms with Crippen molar-refractivity contribution < 1.29 is 19.1 Å². The Bertz CT molecular complexity index is 970. The molecule has 1 heterocycles. The molecule has 0 bridgehead atoms. The van der Waals surface area contributed by atoms with Gasteiger partial charge in [-0.2, -0.15) is 0 Å². The van der Waals surface area contributed by atoms with Crippen LogP contribution in [-0.4, -0.2) is 42.6 Å². The molecule has 2 aromatic rings. The molecule has 1 N–H and O–H groups in total. The van der Waals surface area contributed by atoms with Gasteiger partial charge in [0.15, 0.2) is 0 Å². The van der Waals surface area contributed by atoms with Gasteiger partial charge in [0.25, 0.3) is 11.8 Å². The lowest BCUT2D eigenvalue weighted by molar-refractivity contribution is -0.137. The van der Waals surface area contributed by atoms with Crippen LogP contribution in [0.4, 0.5) is 5.69 Å². The summed E-state index contributed by atoms with van der Waals surface area (Å²) in [4.78, 5) is 27.6. The molecule has 0 radical (unpaired) electrons. The van der Waals surface area contributed by atoms with Crippen molar-refractivity contribution in [1.29, 1.82) is 0 Å². The number of hydrogen-bond donors (Lipinski definition) is 1. The number of nitrogens with one attached hydrogen (secondary N) is 1. The van der Waals surface area contributed by atoms with E-state index in [9.17, 15) is 9.59 Å². The van der Waals surface area contributed by atoms with Gasteiger partial charge in [-0.25, -0.2) is 0 Å². The molecule has 0 unspecified atom stereocenters. The van der Waals surface area contributed by atoms with Gasteiger partial charge in [0.2, 0.25) is 0 Å². The second kappa shape index (κ2) is 10.5. The molecule has 7 heteroatoms. The highest BCUT2D eigenvalue weighted by Gasteiger charge is 2.39. The van der Waals surface area contributed by atoms with Crippen LogP contribution in [0.5, 0.6) is 5.75 Å². The fraction of sp³-hybridized carbons (Fsp3) is 0.333. The number of nitrogens with zero attached hydrogens (tertiary/aromatic N) is 1. The lowest BCUT2D eigenvalue weighted by atomic mass is 10.0. The van der Waals surface area contributed by atoms with Gasteiger partial charge in [0.1, 0.15) is 11.4 Å². The number of rotatable bonds is 10. The van der Waals surface area contributed by atoms with Crippen LogP contribution in [0.1, 0.15) is 32.8 Å². The van der Waals surface area contributed by atoms with E-state index >= 15 is 0 Å². The van der Waals surface area contributed by atoms with E-state index in [1.54, 1.807) is 24.3 Å². The summed E-state index contributed by atoms with van der Waals surface area (Å²) in [6, 6.07) is 14.2. The summed E-state index contributed by atoms with van der Waals surface area (Å²) in [5, 5.41) is 3.70. The fourth-order valence-electron chi connectivity index (χ4n) is 3.19. The molecule has 0 aromatic heterocycles. The third-order valence-corrected chi connectivity index (χ3v) is 4.90. The maximum atomic E-state index is 13.2. The number of halogens is 1. The van der Waals surface area contributed by atoms with Crippen molar-refractivity contribution in [3.63, 3.8) is 0 Å². The van der Waals surface area contributed by atoms with Gasteiger partial charge in [-0.3, -0.25) is 14.5 Å². The van der Waals surface area contributed by atoms with Gasteiger partial charge >= 0.3 is 0 Å². The van der Waals surface area contributed by atoms with Gasteiger partial charge in [-0.1, -0.05) is 36.7 Å². The van der Waals surface area contributed by atoms with Crippen LogP contribution in [0.3, 0.4) is 0 Å². The average Bonchev–Trinajstić information content (AvgIpc) is 2.97. The zero-order valence-corrected chi connectivity index (χ0v) is 18.7. The van der Waals surface area contributed by atoms with Crippen LogP contribution in [0.2, 0.25) is 5.02 Å². The predicted molar refractivity (Wildman–Crippen MR) is 122 cm³/mol. The number of amides is 2. The van der Waals surface area contributed by atoms with Crippen LogP contribution < -0.4 is 10.1 Å². The second-order valence-electron chi connectivity index (χ2n) is 7.44. The zero-order chi connectivity index (χ0) is 22.4. The molecule has 0 fully saturated rings. The molecule has 164 valence electrons. The number of benzene rings is 2. The molecule has 1 aliphatic rings. The number of imide groups is 1. The lowest BCUT2D eigenvalue weighted by Gasteiger charge is -2.16. The lowest BCUT2D eigenvalue weighted by Crippen LogP contribution is -2.35. The summed E-state index contributed by atoms with van der Waals surface area (Å²) in [6.07, 6.45) is 0.907. The van der Waals surface area contributed by atoms with E-state index in [1.165, 1.54) is 4.90 Å². The summed E-state index contributed by atoms with van der Waals surface area (Å²) in [5.74, 6) is -0.0535. The van der Waals surface area contributed by atoms with Crippen molar-refractivity contribution in [2.75, 3.05) is 25.1 Å². The summed E-state index contributed by atoms with van der Waals surface area (Å²) in [6.45, 7) is 6.90. The first-order valence-corrected chi connectivity index (χ1v) is 10.8. The molecule has 31 heavy (non-hydrogen) atoms. The zero-order valence-electron chi connectivity index (χ0n) is 18.0. The van der Waals surface area contributed by atoms with Crippen molar-refractivity contribution in [3.8, 4) is 5.75 Å². The van der Waals surface area contributed by atoms with E-state index in [-0.39, 0.29) is 36.8 Å². The van der Waals surface area contributed by atoms with Crippen LogP contribution in [0.15, 0.2) is 54.2 Å². The Labute approximate surface area is 187 Å². The Morgan fingerprint density at radius 2 is 1.77 bits per heavy atom. The van der Waals surface area contributed by atoms with Gasteiger partial charge in [0, 0.05) is 16.8 Å². The van der Waals surface area contributed by atoms with Crippen molar-refractivity contribution in [2.45, 2.75) is 33.3 Å². The molecule has 2 amide bonds. The largest absolute Gasteiger partial charge is 0.494 e. The SMILES string of the molecule is CCCOc1cccc(NC2=C(c3ccc(Cl)cc3)C(=O)N(CCOC(C)C)C2=O)c1. The first-order valence-electron chi connectivity index (χ1n) is 10.4. The maximum absolute atomic E-state index is 13.2. The molecule has 0 aliphatic carbocycles. The molecule has 0 saturated carbocycles. The van der Waals surface area contributed by atoms with Crippen LogP contribution in [-0.2, 0) is 14.3 Å². The van der Waals surface area contributed by atoms with Crippen molar-refractivity contribution in [2.24, 2.45) is 0 Å². The first kappa shape index (κ1) is 22.8. The minimum absolute atomic E-state index is 0.0138. The Morgan fingerprint density at radius 3 is 2.45 bits per heavy atom. The highest BCUT2D eigenvalue weighted by Crippen LogP contribution is 2.31. The van der Waals surface area contributed by atoms with E-state index in [0.29, 0.717) is 34.2 Å². The summed E-state index contributed by atoms with van der Waals surface area (Å²) >= 11 is 6.01. The Kier molecular flexibility index (Phi) is 7.71. The van der Waals surface area contributed by atoms with E-state index in [2.05, 4.69) is 5.32 Å². The molecule has 6 nitrogen and oxygen atoms in total. The molecular formula is C24H27ClN2O4. The highest BCUT2D eigenvalue weighted by molar-refractivity contribution is 6.36. The third kappa shape index (κ3) is 5.66. The molecule has 3 rings (SSSR count). The van der Waals surface area contributed by atoms with Gasteiger partial charge < -0.3 is 14.8 Å².